The van der Waals surface area contributed by atoms with Gasteiger partial charge in [0.15, 0.2) is 9.84 Å². The summed E-state index contributed by atoms with van der Waals surface area (Å²) in [4.78, 5) is 29.1. The van der Waals surface area contributed by atoms with Crippen molar-refractivity contribution in [2.45, 2.75) is 31.0 Å². The number of nitro benzene ring substituents is 1. The molecule has 11 heteroatoms. The summed E-state index contributed by atoms with van der Waals surface area (Å²) < 4.78 is 29.3. The van der Waals surface area contributed by atoms with E-state index in [2.05, 4.69) is 15.2 Å². The number of hydrogen-bond acceptors (Lipinski definition) is 8. The Labute approximate surface area is 173 Å². The van der Waals surface area contributed by atoms with Crippen LogP contribution in [0.2, 0.25) is 0 Å². The minimum atomic E-state index is -3.73. The molecule has 160 valence electrons. The summed E-state index contributed by atoms with van der Waals surface area (Å²) in [6.07, 6.45) is 2.55. The number of morpholine rings is 1. The monoisotopic (exact) mass is 434 g/mol. The highest BCUT2D eigenvalue weighted by molar-refractivity contribution is 7.90. The summed E-state index contributed by atoms with van der Waals surface area (Å²) in [5.41, 5.74) is -0.234. The Bertz CT molecular complexity index is 1060. The van der Waals surface area contributed by atoms with Gasteiger partial charge in [-0.1, -0.05) is 0 Å². The molecule has 0 radical (unpaired) electrons. The number of rotatable bonds is 5. The number of pyridine rings is 1. The Kier molecular flexibility index (Phi) is 6.04. The number of hydrogen-bond donors (Lipinski definition) is 1. The third-order valence-corrected chi connectivity index (χ3v) is 5.63. The number of aromatic nitrogens is 1. The van der Waals surface area contributed by atoms with Crippen LogP contribution in [0, 0.1) is 10.1 Å². The average Bonchev–Trinajstić information content (AvgIpc) is 2.66. The molecular weight excluding hydrogens is 412 g/mol. The Morgan fingerprint density at radius 2 is 1.90 bits per heavy atom. The zero-order valence-electron chi connectivity index (χ0n) is 16.7. The van der Waals surface area contributed by atoms with Crippen LogP contribution < -0.4 is 10.2 Å². The van der Waals surface area contributed by atoms with E-state index in [1.54, 1.807) is 12.1 Å². The molecule has 1 fully saturated rings. The van der Waals surface area contributed by atoms with Crippen molar-refractivity contribution in [2.75, 3.05) is 29.6 Å². The number of nitrogens with one attached hydrogen (secondary N) is 1. The standard InChI is InChI=1S/C19H22N4O6S/c1-12-10-22(11-13(2)29-12)18-5-4-15(9-20-18)21-19(24)14-6-16(23(25)26)8-17(7-14)30(3,27)28/h4-9,12-13H,10-11H2,1-3H3,(H,21,24). The molecule has 2 atom stereocenters. The Morgan fingerprint density at radius 3 is 2.43 bits per heavy atom. The molecule has 30 heavy (non-hydrogen) atoms. The summed E-state index contributed by atoms with van der Waals surface area (Å²) in [6, 6.07) is 6.49. The van der Waals surface area contributed by atoms with Gasteiger partial charge < -0.3 is 15.0 Å². The maximum Gasteiger partial charge on any atom is 0.271 e. The number of benzene rings is 1. The van der Waals surface area contributed by atoms with Crippen molar-refractivity contribution in [3.05, 3.63) is 52.2 Å². The number of non-ortho nitro benzene ring substituents is 1. The molecule has 0 bridgehead atoms. The van der Waals surface area contributed by atoms with Gasteiger partial charge in [0.2, 0.25) is 0 Å². The first-order valence-electron chi connectivity index (χ1n) is 9.20. The second-order valence-corrected chi connectivity index (χ2v) is 9.28. The van der Waals surface area contributed by atoms with Crippen molar-refractivity contribution >= 4 is 32.9 Å². The van der Waals surface area contributed by atoms with Crippen LogP contribution in [0.15, 0.2) is 41.4 Å². The SMILES string of the molecule is CC1CN(c2ccc(NC(=O)c3cc([N+](=O)[O-])cc(S(C)(=O)=O)c3)cn2)CC(C)O1. The smallest absolute Gasteiger partial charge is 0.271 e. The molecule has 1 aliphatic heterocycles. The van der Waals surface area contributed by atoms with Crippen molar-refractivity contribution < 1.29 is 22.9 Å². The molecule has 1 amide bonds. The van der Waals surface area contributed by atoms with Gasteiger partial charge in [0.1, 0.15) is 5.82 Å². The van der Waals surface area contributed by atoms with Gasteiger partial charge in [0, 0.05) is 37.0 Å². The van der Waals surface area contributed by atoms with E-state index in [-0.39, 0.29) is 22.7 Å². The highest BCUT2D eigenvalue weighted by atomic mass is 32.2. The lowest BCUT2D eigenvalue weighted by Crippen LogP contribution is -2.45. The molecular formula is C19H22N4O6S. The fraction of sp³-hybridized carbons (Fsp3) is 0.368. The normalized spacial score (nSPS) is 19.4. The molecule has 2 unspecified atom stereocenters. The van der Waals surface area contributed by atoms with Gasteiger partial charge in [-0.3, -0.25) is 14.9 Å². The van der Waals surface area contributed by atoms with Gasteiger partial charge >= 0.3 is 0 Å². The first-order chi connectivity index (χ1) is 14.0. The Hall–Kier alpha value is -3.05. The van der Waals surface area contributed by atoms with Crippen LogP contribution in [-0.4, -0.2) is 55.8 Å². The topological polar surface area (TPSA) is 132 Å². The second-order valence-electron chi connectivity index (χ2n) is 7.27. The number of anilines is 2. The first-order valence-corrected chi connectivity index (χ1v) is 11.1. The Morgan fingerprint density at radius 1 is 1.23 bits per heavy atom. The van der Waals surface area contributed by atoms with E-state index < -0.39 is 26.4 Å². The van der Waals surface area contributed by atoms with Crippen LogP contribution in [-0.2, 0) is 14.6 Å². The summed E-state index contributed by atoms with van der Waals surface area (Å²) in [5.74, 6) is 0.0662. The van der Waals surface area contributed by atoms with Crippen LogP contribution in [0.5, 0.6) is 0 Å². The van der Waals surface area contributed by atoms with E-state index in [0.29, 0.717) is 18.8 Å². The molecule has 10 nitrogen and oxygen atoms in total. The first kappa shape index (κ1) is 21.7. The minimum Gasteiger partial charge on any atom is -0.372 e. The quantitative estimate of drug-likeness (QED) is 0.560. The van der Waals surface area contributed by atoms with Crippen molar-refractivity contribution in [3.8, 4) is 0 Å². The fourth-order valence-corrected chi connectivity index (χ4v) is 3.93. The van der Waals surface area contributed by atoms with Gasteiger partial charge in [0.05, 0.1) is 33.9 Å². The summed E-state index contributed by atoms with van der Waals surface area (Å²) in [7, 11) is -3.73. The number of carbonyl (C=O) groups excluding carboxylic acids is 1. The van der Waals surface area contributed by atoms with Crippen LogP contribution in [0.3, 0.4) is 0 Å². The van der Waals surface area contributed by atoms with Crippen molar-refractivity contribution in [1.82, 2.24) is 4.98 Å². The minimum absolute atomic E-state index is 0.0767. The maximum atomic E-state index is 12.6. The third-order valence-electron chi connectivity index (χ3n) is 4.54. The second kappa shape index (κ2) is 8.36. The molecule has 1 aliphatic rings. The molecule has 1 aromatic carbocycles. The lowest BCUT2D eigenvalue weighted by molar-refractivity contribution is -0.385. The molecule has 2 heterocycles. The van der Waals surface area contributed by atoms with Crippen LogP contribution in [0.4, 0.5) is 17.2 Å². The zero-order chi connectivity index (χ0) is 22.1. The molecule has 1 N–H and O–H groups in total. The van der Waals surface area contributed by atoms with E-state index in [1.807, 2.05) is 13.8 Å². The number of carbonyl (C=O) groups is 1. The number of nitro groups is 1. The molecule has 3 rings (SSSR count). The number of amides is 1. The average molecular weight is 434 g/mol. The molecule has 2 aromatic rings. The van der Waals surface area contributed by atoms with Crippen LogP contribution in [0.1, 0.15) is 24.2 Å². The van der Waals surface area contributed by atoms with Gasteiger partial charge in [-0.25, -0.2) is 13.4 Å². The largest absolute Gasteiger partial charge is 0.372 e. The Balaban J connectivity index is 1.79. The molecule has 1 saturated heterocycles. The van der Waals surface area contributed by atoms with Crippen LogP contribution in [0.25, 0.3) is 0 Å². The lowest BCUT2D eigenvalue weighted by Gasteiger charge is -2.36. The summed E-state index contributed by atoms with van der Waals surface area (Å²) >= 11 is 0. The van der Waals surface area contributed by atoms with Crippen LogP contribution >= 0.6 is 0 Å². The lowest BCUT2D eigenvalue weighted by atomic mass is 10.2. The van der Waals surface area contributed by atoms with Crippen molar-refractivity contribution in [3.63, 3.8) is 0 Å². The number of sulfone groups is 1. The zero-order valence-corrected chi connectivity index (χ0v) is 17.5. The van der Waals surface area contributed by atoms with Crippen molar-refractivity contribution in [2.24, 2.45) is 0 Å². The highest BCUT2D eigenvalue weighted by Crippen LogP contribution is 2.23. The fourth-order valence-electron chi connectivity index (χ4n) is 3.25. The molecule has 0 spiro atoms. The summed E-state index contributed by atoms with van der Waals surface area (Å²) in [6.45, 7) is 5.37. The maximum absolute atomic E-state index is 12.6. The van der Waals surface area contributed by atoms with Gasteiger partial charge in [-0.05, 0) is 32.0 Å². The highest BCUT2D eigenvalue weighted by Gasteiger charge is 2.23. The third kappa shape index (κ3) is 5.10. The predicted octanol–water partition coefficient (Wildman–Crippen LogP) is 2.26. The summed E-state index contributed by atoms with van der Waals surface area (Å²) in [5, 5.41) is 13.7. The van der Waals surface area contributed by atoms with E-state index in [4.69, 9.17) is 4.74 Å². The number of ether oxygens (including phenoxy) is 1. The predicted molar refractivity (Wildman–Crippen MR) is 111 cm³/mol. The van der Waals surface area contributed by atoms with Gasteiger partial charge in [-0.15, -0.1) is 0 Å². The molecule has 1 aromatic heterocycles. The van der Waals surface area contributed by atoms with Gasteiger partial charge in [0.25, 0.3) is 11.6 Å². The van der Waals surface area contributed by atoms with E-state index >= 15 is 0 Å². The van der Waals surface area contributed by atoms with Crippen molar-refractivity contribution in [1.29, 1.82) is 0 Å². The van der Waals surface area contributed by atoms with E-state index in [1.165, 1.54) is 6.20 Å². The number of nitrogens with zero attached hydrogens (tertiary/aromatic N) is 3. The molecule has 0 aliphatic carbocycles. The van der Waals surface area contributed by atoms with E-state index in [9.17, 15) is 23.3 Å². The molecule has 0 saturated carbocycles. The van der Waals surface area contributed by atoms with Gasteiger partial charge in [-0.2, -0.15) is 0 Å². The van der Waals surface area contributed by atoms with E-state index in [0.717, 1.165) is 30.3 Å².